The first-order valence-corrected chi connectivity index (χ1v) is 6.85. The Labute approximate surface area is 109 Å². The lowest BCUT2D eigenvalue weighted by molar-refractivity contribution is 0.617. The van der Waals surface area contributed by atoms with Crippen LogP contribution >= 0.6 is 0 Å². The Kier molecular flexibility index (Phi) is 4.19. The number of nitrogens with zero attached hydrogens (tertiary/aromatic N) is 2. The highest BCUT2D eigenvalue weighted by molar-refractivity contribution is 5.56. The summed E-state index contributed by atoms with van der Waals surface area (Å²) in [5.74, 6) is 0.780. The predicted molar refractivity (Wildman–Crippen MR) is 73.5 cm³/mol. The van der Waals surface area contributed by atoms with E-state index in [1.165, 1.54) is 38.5 Å². The average molecular weight is 243 g/mol. The average Bonchev–Trinajstić information content (AvgIpc) is 2.57. The molecule has 3 heteroatoms. The van der Waals surface area contributed by atoms with Crippen LogP contribution in [0.4, 0.5) is 5.82 Å². The van der Waals surface area contributed by atoms with Crippen LogP contribution in [0.3, 0.4) is 0 Å². The number of pyridine rings is 1. The molecule has 0 spiro atoms. The van der Waals surface area contributed by atoms with E-state index in [1.54, 1.807) is 0 Å². The van der Waals surface area contributed by atoms with Crippen molar-refractivity contribution >= 4 is 5.82 Å². The Bertz CT molecular complexity index is 452. The summed E-state index contributed by atoms with van der Waals surface area (Å²) in [4.78, 5) is 4.50. The zero-order chi connectivity index (χ0) is 13.0. The molecule has 0 aromatic carbocycles. The molecule has 1 heterocycles. The van der Waals surface area contributed by atoms with E-state index in [0.717, 1.165) is 17.1 Å². The van der Waals surface area contributed by atoms with E-state index in [2.05, 4.69) is 16.4 Å². The van der Waals surface area contributed by atoms with Crippen molar-refractivity contribution in [3.63, 3.8) is 0 Å². The van der Waals surface area contributed by atoms with E-state index < -0.39 is 0 Å². The molecule has 1 fully saturated rings. The topological polar surface area (TPSA) is 48.7 Å². The molecular weight excluding hydrogens is 222 g/mol. The Morgan fingerprint density at radius 2 is 1.89 bits per heavy atom. The van der Waals surface area contributed by atoms with Gasteiger partial charge < -0.3 is 5.32 Å². The van der Waals surface area contributed by atoms with Gasteiger partial charge in [0.2, 0.25) is 0 Å². The fraction of sp³-hybridized carbons (Fsp3) is 0.600. The van der Waals surface area contributed by atoms with Crippen LogP contribution in [-0.2, 0) is 0 Å². The van der Waals surface area contributed by atoms with E-state index in [9.17, 15) is 5.26 Å². The number of nitrogens with one attached hydrogen (secondary N) is 1. The van der Waals surface area contributed by atoms with Crippen LogP contribution in [-0.4, -0.2) is 11.0 Å². The Morgan fingerprint density at radius 3 is 2.50 bits per heavy atom. The zero-order valence-electron chi connectivity index (χ0n) is 11.3. The molecule has 1 aliphatic carbocycles. The standard InChI is InChI=1S/C15H21N3/c1-11-9-12(2)17-15(14(11)10-16)18-13-7-5-3-4-6-8-13/h9,13H,3-8H2,1-2H3,(H,17,18). The number of rotatable bonds is 2. The minimum Gasteiger partial charge on any atom is -0.366 e. The van der Waals surface area contributed by atoms with Gasteiger partial charge in [0.25, 0.3) is 0 Å². The van der Waals surface area contributed by atoms with Crippen molar-refractivity contribution in [2.24, 2.45) is 0 Å². The number of hydrogen-bond donors (Lipinski definition) is 1. The Morgan fingerprint density at radius 1 is 1.22 bits per heavy atom. The van der Waals surface area contributed by atoms with Gasteiger partial charge in [-0.1, -0.05) is 25.7 Å². The van der Waals surface area contributed by atoms with Crippen LogP contribution in [0.1, 0.15) is 55.3 Å². The minimum atomic E-state index is 0.480. The molecule has 1 aromatic heterocycles. The number of anilines is 1. The summed E-state index contributed by atoms with van der Waals surface area (Å²) in [6.45, 7) is 3.96. The van der Waals surface area contributed by atoms with Crippen LogP contribution < -0.4 is 5.32 Å². The quantitative estimate of drug-likeness (QED) is 0.806. The molecule has 2 rings (SSSR count). The van der Waals surface area contributed by atoms with Crippen molar-refractivity contribution in [1.82, 2.24) is 4.98 Å². The normalized spacial score (nSPS) is 16.9. The van der Waals surface area contributed by atoms with Crippen molar-refractivity contribution in [3.8, 4) is 6.07 Å². The summed E-state index contributed by atoms with van der Waals surface area (Å²) in [5.41, 5.74) is 2.69. The SMILES string of the molecule is Cc1cc(C)c(C#N)c(NC2CCCCCC2)n1. The Balaban J connectivity index is 2.19. The first-order chi connectivity index (χ1) is 8.70. The maximum absolute atomic E-state index is 9.25. The molecule has 0 bridgehead atoms. The molecule has 1 aromatic rings. The molecule has 1 saturated carbocycles. The molecule has 1 N–H and O–H groups in total. The van der Waals surface area contributed by atoms with Gasteiger partial charge in [0.05, 0.1) is 5.56 Å². The maximum atomic E-state index is 9.25. The van der Waals surface area contributed by atoms with Gasteiger partial charge in [-0.15, -0.1) is 0 Å². The fourth-order valence-corrected chi connectivity index (χ4v) is 2.70. The maximum Gasteiger partial charge on any atom is 0.144 e. The van der Waals surface area contributed by atoms with Gasteiger partial charge in [-0.25, -0.2) is 4.98 Å². The molecule has 3 nitrogen and oxygen atoms in total. The second-order valence-electron chi connectivity index (χ2n) is 5.25. The smallest absolute Gasteiger partial charge is 0.144 e. The van der Waals surface area contributed by atoms with Crippen molar-refractivity contribution in [1.29, 1.82) is 5.26 Å². The van der Waals surface area contributed by atoms with Crippen LogP contribution in [0.2, 0.25) is 0 Å². The lowest BCUT2D eigenvalue weighted by atomic mass is 10.1. The predicted octanol–water partition coefficient (Wildman–Crippen LogP) is 3.70. The van der Waals surface area contributed by atoms with E-state index in [0.29, 0.717) is 11.6 Å². The van der Waals surface area contributed by atoms with Crippen molar-refractivity contribution < 1.29 is 0 Å². The lowest BCUT2D eigenvalue weighted by Gasteiger charge is -2.18. The zero-order valence-corrected chi connectivity index (χ0v) is 11.3. The highest BCUT2D eigenvalue weighted by atomic mass is 15.0. The summed E-state index contributed by atoms with van der Waals surface area (Å²) in [5, 5.41) is 12.7. The molecule has 18 heavy (non-hydrogen) atoms. The number of nitriles is 1. The third kappa shape index (κ3) is 3.01. The molecule has 0 amide bonds. The van der Waals surface area contributed by atoms with E-state index in [-0.39, 0.29) is 0 Å². The minimum absolute atomic E-state index is 0.480. The van der Waals surface area contributed by atoms with E-state index in [1.807, 2.05) is 19.9 Å². The molecular formula is C15H21N3. The van der Waals surface area contributed by atoms with Crippen LogP contribution in [0.15, 0.2) is 6.07 Å². The summed E-state index contributed by atoms with van der Waals surface area (Å²) < 4.78 is 0. The summed E-state index contributed by atoms with van der Waals surface area (Å²) in [6, 6.07) is 4.72. The number of aryl methyl sites for hydroxylation is 2. The summed E-state index contributed by atoms with van der Waals surface area (Å²) in [7, 11) is 0. The number of aromatic nitrogens is 1. The molecule has 0 saturated heterocycles. The van der Waals surface area contributed by atoms with Crippen LogP contribution in [0.25, 0.3) is 0 Å². The summed E-state index contributed by atoms with van der Waals surface area (Å²) >= 11 is 0. The molecule has 1 aliphatic rings. The van der Waals surface area contributed by atoms with E-state index in [4.69, 9.17) is 0 Å². The molecule has 0 aliphatic heterocycles. The third-order valence-corrected chi connectivity index (χ3v) is 3.65. The van der Waals surface area contributed by atoms with Crippen molar-refractivity contribution in [2.45, 2.75) is 58.4 Å². The molecule has 96 valence electrons. The highest BCUT2D eigenvalue weighted by Crippen LogP contribution is 2.23. The van der Waals surface area contributed by atoms with Gasteiger partial charge >= 0.3 is 0 Å². The van der Waals surface area contributed by atoms with Gasteiger partial charge in [-0.05, 0) is 38.3 Å². The highest BCUT2D eigenvalue weighted by Gasteiger charge is 2.15. The first-order valence-electron chi connectivity index (χ1n) is 6.85. The molecule has 0 unspecified atom stereocenters. The van der Waals surface area contributed by atoms with Gasteiger partial charge in [0.1, 0.15) is 11.9 Å². The van der Waals surface area contributed by atoms with Crippen molar-refractivity contribution in [3.05, 3.63) is 22.9 Å². The van der Waals surface area contributed by atoms with Crippen LogP contribution in [0.5, 0.6) is 0 Å². The second kappa shape index (κ2) is 5.86. The fourth-order valence-electron chi connectivity index (χ4n) is 2.70. The van der Waals surface area contributed by atoms with Crippen molar-refractivity contribution in [2.75, 3.05) is 5.32 Å². The largest absolute Gasteiger partial charge is 0.366 e. The van der Waals surface area contributed by atoms with Gasteiger partial charge in [-0.2, -0.15) is 5.26 Å². The number of hydrogen-bond acceptors (Lipinski definition) is 3. The van der Waals surface area contributed by atoms with Gasteiger partial charge in [0, 0.05) is 11.7 Å². The first kappa shape index (κ1) is 12.9. The molecule has 0 atom stereocenters. The van der Waals surface area contributed by atoms with E-state index >= 15 is 0 Å². The second-order valence-corrected chi connectivity index (χ2v) is 5.25. The van der Waals surface area contributed by atoms with Crippen LogP contribution in [0, 0.1) is 25.2 Å². The molecule has 0 radical (unpaired) electrons. The summed E-state index contributed by atoms with van der Waals surface area (Å²) in [6.07, 6.45) is 7.63. The Hall–Kier alpha value is -1.56. The third-order valence-electron chi connectivity index (χ3n) is 3.65. The monoisotopic (exact) mass is 243 g/mol. The van der Waals surface area contributed by atoms with Gasteiger partial charge in [-0.3, -0.25) is 0 Å². The lowest BCUT2D eigenvalue weighted by Crippen LogP contribution is -2.20. The van der Waals surface area contributed by atoms with Gasteiger partial charge in [0.15, 0.2) is 0 Å².